The second kappa shape index (κ2) is 5.31. The molecule has 2 unspecified atom stereocenters. The van der Waals surface area contributed by atoms with Gasteiger partial charge >= 0.3 is 0 Å². The highest BCUT2D eigenvalue weighted by Crippen LogP contribution is 2.34. The van der Waals surface area contributed by atoms with Crippen molar-refractivity contribution in [2.45, 2.75) is 32.4 Å². The lowest BCUT2D eigenvalue weighted by Gasteiger charge is -2.35. The molecule has 4 heteroatoms. The number of likely N-dealkylation sites (tertiary alicyclic amines) is 1. The van der Waals surface area contributed by atoms with Crippen molar-refractivity contribution in [3.8, 4) is 5.75 Å². The van der Waals surface area contributed by atoms with Crippen molar-refractivity contribution in [1.82, 2.24) is 4.90 Å². The summed E-state index contributed by atoms with van der Waals surface area (Å²) >= 11 is 6.20. The molecule has 0 aromatic heterocycles. The molecule has 2 aliphatic rings. The Balaban J connectivity index is 1.80. The van der Waals surface area contributed by atoms with Crippen LogP contribution in [0.5, 0.6) is 5.75 Å². The SMILES string of the molecule is CC1CC(N)CN(Cc2cc(Cl)cc3c2OCC3)C1. The maximum Gasteiger partial charge on any atom is 0.127 e. The van der Waals surface area contributed by atoms with Crippen LogP contribution in [-0.2, 0) is 13.0 Å². The Labute approximate surface area is 119 Å². The van der Waals surface area contributed by atoms with Crippen LogP contribution in [0.2, 0.25) is 5.02 Å². The molecular formula is C15H21ClN2O. The van der Waals surface area contributed by atoms with Crippen molar-refractivity contribution in [1.29, 1.82) is 0 Å². The van der Waals surface area contributed by atoms with Crippen molar-refractivity contribution >= 4 is 11.6 Å². The predicted octanol–water partition coefficient (Wildman–Crippen LogP) is 2.44. The fourth-order valence-electron chi connectivity index (χ4n) is 3.35. The summed E-state index contributed by atoms with van der Waals surface area (Å²) in [6.45, 7) is 6.01. The molecule has 0 bridgehead atoms. The van der Waals surface area contributed by atoms with Gasteiger partial charge in [0.15, 0.2) is 0 Å². The lowest BCUT2D eigenvalue weighted by atomic mass is 9.96. The Morgan fingerprint density at radius 3 is 3.05 bits per heavy atom. The van der Waals surface area contributed by atoms with Gasteiger partial charge in [0.05, 0.1) is 6.61 Å². The standard InChI is InChI=1S/C15H21ClN2O/c1-10-4-14(17)9-18(7-10)8-12-6-13(16)5-11-2-3-19-15(11)12/h5-6,10,14H,2-4,7-9,17H2,1H3. The second-order valence-electron chi connectivity index (χ2n) is 5.95. The molecule has 1 aromatic rings. The molecule has 2 N–H and O–H groups in total. The Morgan fingerprint density at radius 2 is 2.26 bits per heavy atom. The molecule has 3 rings (SSSR count). The summed E-state index contributed by atoms with van der Waals surface area (Å²) in [6, 6.07) is 4.35. The molecule has 1 fully saturated rings. The number of hydrogen-bond acceptors (Lipinski definition) is 3. The first-order valence-electron chi connectivity index (χ1n) is 7.04. The van der Waals surface area contributed by atoms with Gasteiger partial charge in [0, 0.05) is 42.7 Å². The third-order valence-corrected chi connectivity index (χ3v) is 4.21. The minimum absolute atomic E-state index is 0.289. The Hall–Kier alpha value is -0.770. The van der Waals surface area contributed by atoms with Gasteiger partial charge in [0.1, 0.15) is 5.75 Å². The van der Waals surface area contributed by atoms with Gasteiger partial charge in [0.25, 0.3) is 0 Å². The lowest BCUT2D eigenvalue weighted by molar-refractivity contribution is 0.157. The topological polar surface area (TPSA) is 38.5 Å². The van der Waals surface area contributed by atoms with Crippen molar-refractivity contribution in [2.24, 2.45) is 11.7 Å². The van der Waals surface area contributed by atoms with Gasteiger partial charge in [-0.3, -0.25) is 4.90 Å². The Morgan fingerprint density at radius 1 is 1.42 bits per heavy atom. The number of rotatable bonds is 2. The molecule has 1 saturated heterocycles. The van der Waals surface area contributed by atoms with Crippen molar-refractivity contribution < 1.29 is 4.74 Å². The average Bonchev–Trinajstić information content (AvgIpc) is 2.75. The van der Waals surface area contributed by atoms with Crippen LogP contribution in [0, 0.1) is 5.92 Å². The monoisotopic (exact) mass is 280 g/mol. The van der Waals surface area contributed by atoms with Gasteiger partial charge in [0.2, 0.25) is 0 Å². The summed E-state index contributed by atoms with van der Waals surface area (Å²) in [5, 5.41) is 0.814. The number of benzene rings is 1. The first-order valence-corrected chi connectivity index (χ1v) is 7.41. The molecule has 1 aromatic carbocycles. The van der Waals surface area contributed by atoms with E-state index in [1.54, 1.807) is 0 Å². The summed E-state index contributed by atoms with van der Waals surface area (Å²) in [5.41, 5.74) is 8.57. The third-order valence-electron chi connectivity index (χ3n) is 3.99. The van der Waals surface area contributed by atoms with Gasteiger partial charge in [-0.2, -0.15) is 0 Å². The molecule has 0 aliphatic carbocycles. The van der Waals surface area contributed by atoms with E-state index in [9.17, 15) is 0 Å². The second-order valence-corrected chi connectivity index (χ2v) is 6.38. The zero-order chi connectivity index (χ0) is 13.4. The summed E-state index contributed by atoms with van der Waals surface area (Å²) in [6.07, 6.45) is 2.10. The lowest BCUT2D eigenvalue weighted by Crippen LogP contribution is -2.45. The number of ether oxygens (including phenoxy) is 1. The molecule has 0 radical (unpaired) electrons. The highest BCUT2D eigenvalue weighted by atomic mass is 35.5. The van der Waals surface area contributed by atoms with E-state index in [1.165, 1.54) is 11.1 Å². The minimum atomic E-state index is 0.289. The molecule has 104 valence electrons. The average molecular weight is 281 g/mol. The van der Waals surface area contributed by atoms with E-state index < -0.39 is 0 Å². The van der Waals surface area contributed by atoms with Crippen LogP contribution >= 0.6 is 11.6 Å². The summed E-state index contributed by atoms with van der Waals surface area (Å²) in [5.74, 6) is 1.72. The van der Waals surface area contributed by atoms with Crippen LogP contribution in [0.15, 0.2) is 12.1 Å². The largest absolute Gasteiger partial charge is 0.493 e. The highest BCUT2D eigenvalue weighted by Gasteiger charge is 2.24. The zero-order valence-corrected chi connectivity index (χ0v) is 12.1. The number of fused-ring (bicyclic) bond motifs is 1. The fourth-order valence-corrected chi connectivity index (χ4v) is 3.61. The van der Waals surface area contributed by atoms with Crippen LogP contribution in [-0.4, -0.2) is 30.6 Å². The maximum absolute atomic E-state index is 6.20. The van der Waals surface area contributed by atoms with E-state index in [1.807, 2.05) is 12.1 Å². The van der Waals surface area contributed by atoms with Gasteiger partial charge < -0.3 is 10.5 Å². The highest BCUT2D eigenvalue weighted by molar-refractivity contribution is 6.30. The van der Waals surface area contributed by atoms with Crippen LogP contribution < -0.4 is 10.5 Å². The zero-order valence-electron chi connectivity index (χ0n) is 11.4. The van der Waals surface area contributed by atoms with Gasteiger partial charge in [-0.25, -0.2) is 0 Å². The van der Waals surface area contributed by atoms with Crippen molar-refractivity contribution in [2.75, 3.05) is 19.7 Å². The van der Waals surface area contributed by atoms with E-state index in [2.05, 4.69) is 11.8 Å². The number of piperidine rings is 1. The Kier molecular flexibility index (Phi) is 3.70. The van der Waals surface area contributed by atoms with E-state index in [-0.39, 0.29) is 6.04 Å². The fraction of sp³-hybridized carbons (Fsp3) is 0.600. The predicted molar refractivity (Wildman–Crippen MR) is 77.7 cm³/mol. The number of nitrogens with zero attached hydrogens (tertiary/aromatic N) is 1. The van der Waals surface area contributed by atoms with Crippen LogP contribution in [0.4, 0.5) is 0 Å². The van der Waals surface area contributed by atoms with E-state index in [0.29, 0.717) is 5.92 Å². The van der Waals surface area contributed by atoms with Gasteiger partial charge in [-0.15, -0.1) is 0 Å². The van der Waals surface area contributed by atoms with Crippen molar-refractivity contribution in [3.05, 3.63) is 28.3 Å². The van der Waals surface area contributed by atoms with Gasteiger partial charge in [-0.1, -0.05) is 18.5 Å². The first-order chi connectivity index (χ1) is 9.11. The summed E-state index contributed by atoms with van der Waals surface area (Å²) < 4.78 is 5.76. The van der Waals surface area contributed by atoms with E-state index in [0.717, 1.165) is 49.9 Å². The molecule has 2 aliphatic heterocycles. The molecule has 2 atom stereocenters. The third kappa shape index (κ3) is 2.88. The van der Waals surface area contributed by atoms with E-state index >= 15 is 0 Å². The number of nitrogens with two attached hydrogens (primary N) is 1. The molecule has 0 saturated carbocycles. The van der Waals surface area contributed by atoms with Crippen LogP contribution in [0.3, 0.4) is 0 Å². The van der Waals surface area contributed by atoms with E-state index in [4.69, 9.17) is 22.1 Å². The Bertz CT molecular complexity index is 467. The first kappa shape index (κ1) is 13.2. The molecule has 19 heavy (non-hydrogen) atoms. The molecule has 2 heterocycles. The normalized spacial score (nSPS) is 27.1. The summed E-state index contributed by atoms with van der Waals surface area (Å²) in [4.78, 5) is 2.42. The quantitative estimate of drug-likeness (QED) is 0.904. The molecule has 3 nitrogen and oxygen atoms in total. The van der Waals surface area contributed by atoms with Crippen LogP contribution in [0.25, 0.3) is 0 Å². The van der Waals surface area contributed by atoms with Crippen molar-refractivity contribution in [3.63, 3.8) is 0 Å². The number of halogens is 1. The van der Waals surface area contributed by atoms with Crippen LogP contribution in [0.1, 0.15) is 24.5 Å². The molecular weight excluding hydrogens is 260 g/mol. The van der Waals surface area contributed by atoms with Gasteiger partial charge in [-0.05, 0) is 30.0 Å². The molecule has 0 spiro atoms. The summed E-state index contributed by atoms with van der Waals surface area (Å²) in [7, 11) is 0. The maximum atomic E-state index is 6.20. The smallest absolute Gasteiger partial charge is 0.127 e. The molecule has 0 amide bonds. The minimum Gasteiger partial charge on any atom is -0.493 e. The number of hydrogen-bond donors (Lipinski definition) is 1.